The Hall–Kier alpha value is -1.47. The van der Waals surface area contributed by atoms with Crippen molar-refractivity contribution < 1.29 is 22.7 Å². The minimum absolute atomic E-state index is 0.564. The Morgan fingerprint density at radius 1 is 1.32 bits per heavy atom. The van der Waals surface area contributed by atoms with E-state index in [0.717, 1.165) is 12.1 Å². The van der Waals surface area contributed by atoms with E-state index in [4.69, 9.17) is 5.11 Å². The van der Waals surface area contributed by atoms with Gasteiger partial charge in [-0.05, 0) is 17.5 Å². The molecule has 1 rings (SSSR count). The van der Waals surface area contributed by atoms with Crippen LogP contribution in [0.5, 0.6) is 0 Å². The van der Waals surface area contributed by atoms with Crippen molar-refractivity contribution in [1.82, 2.24) is 4.72 Å². The van der Waals surface area contributed by atoms with E-state index < -0.39 is 38.2 Å². The Morgan fingerprint density at radius 2 is 1.84 bits per heavy atom. The van der Waals surface area contributed by atoms with Gasteiger partial charge in [0.15, 0.2) is 0 Å². The van der Waals surface area contributed by atoms with Crippen LogP contribution >= 0.6 is 0 Å². The maximum Gasteiger partial charge on any atom is 0.322 e. The number of hydrogen-bond donors (Lipinski definition) is 2. The number of halogens is 1. The lowest BCUT2D eigenvalue weighted by Gasteiger charge is -2.27. The van der Waals surface area contributed by atoms with E-state index in [-0.39, 0.29) is 0 Å². The molecule has 0 saturated carbocycles. The van der Waals surface area contributed by atoms with Gasteiger partial charge in [0.2, 0.25) is 10.0 Å². The van der Waals surface area contributed by atoms with Gasteiger partial charge in [-0.15, -0.1) is 0 Å². The predicted octanol–water partition coefficient (Wildman–Crippen LogP) is 1.60. The molecule has 5 nitrogen and oxygen atoms in total. The van der Waals surface area contributed by atoms with Crippen LogP contribution in [0.25, 0.3) is 0 Å². The predicted molar refractivity (Wildman–Crippen MR) is 67.6 cm³/mol. The summed E-state index contributed by atoms with van der Waals surface area (Å²) in [6.45, 7) is 4.74. The zero-order chi connectivity index (χ0) is 14.8. The first-order chi connectivity index (χ1) is 8.55. The zero-order valence-corrected chi connectivity index (χ0v) is 11.7. The quantitative estimate of drug-likeness (QED) is 0.882. The van der Waals surface area contributed by atoms with Crippen molar-refractivity contribution in [3.63, 3.8) is 0 Å². The summed E-state index contributed by atoms with van der Waals surface area (Å²) in [6.07, 6.45) is 0. The van der Waals surface area contributed by atoms with Crippen molar-refractivity contribution in [3.05, 3.63) is 30.1 Å². The lowest BCUT2D eigenvalue weighted by molar-refractivity contribution is -0.141. The van der Waals surface area contributed by atoms with E-state index in [0.29, 0.717) is 0 Å². The van der Waals surface area contributed by atoms with Crippen molar-refractivity contribution in [3.8, 4) is 0 Å². The van der Waals surface area contributed by atoms with Crippen molar-refractivity contribution in [2.24, 2.45) is 5.41 Å². The van der Waals surface area contributed by atoms with Gasteiger partial charge in [-0.25, -0.2) is 12.8 Å². The molecule has 0 aliphatic rings. The summed E-state index contributed by atoms with van der Waals surface area (Å²) in [4.78, 5) is 10.6. The van der Waals surface area contributed by atoms with Crippen LogP contribution in [0, 0.1) is 11.2 Å². The van der Waals surface area contributed by atoms with Crippen molar-refractivity contribution in [2.45, 2.75) is 31.7 Å². The Kier molecular flexibility index (Phi) is 4.32. The first kappa shape index (κ1) is 15.6. The second kappa shape index (κ2) is 5.26. The number of carbonyl (C=O) groups is 1. The molecule has 0 aromatic heterocycles. The summed E-state index contributed by atoms with van der Waals surface area (Å²) < 4.78 is 39.5. The molecule has 1 aromatic rings. The smallest absolute Gasteiger partial charge is 0.322 e. The summed E-state index contributed by atoms with van der Waals surface area (Å²) in [7, 11) is -4.22. The van der Waals surface area contributed by atoms with Crippen LogP contribution in [-0.2, 0) is 14.8 Å². The molecule has 1 atom stereocenters. The van der Waals surface area contributed by atoms with Gasteiger partial charge < -0.3 is 5.11 Å². The Balaban J connectivity index is 3.16. The average Bonchev–Trinajstić information content (AvgIpc) is 2.24. The van der Waals surface area contributed by atoms with Crippen LogP contribution in [0.1, 0.15) is 20.8 Å². The number of aliphatic carboxylic acids is 1. The van der Waals surface area contributed by atoms with Gasteiger partial charge in [-0.3, -0.25) is 4.79 Å². The first-order valence-electron chi connectivity index (χ1n) is 5.55. The second-order valence-electron chi connectivity index (χ2n) is 5.19. The molecule has 19 heavy (non-hydrogen) atoms. The molecule has 106 valence electrons. The molecule has 2 N–H and O–H groups in total. The highest BCUT2D eigenvalue weighted by Crippen LogP contribution is 2.22. The molecule has 0 amide bonds. The standard InChI is InChI=1S/C12H16FNO4S/c1-12(2,3)10(11(15)16)14-19(17,18)9-7-5-4-6-8(9)13/h4-7,10,14H,1-3H3,(H,15,16)/t10-/m1/s1. The SMILES string of the molecule is CC(C)(C)[C@H](NS(=O)(=O)c1ccccc1F)C(=O)O. The molecule has 0 unspecified atom stereocenters. The summed E-state index contributed by atoms with van der Waals surface area (Å²) in [6, 6.07) is 3.45. The number of rotatable bonds is 4. The van der Waals surface area contributed by atoms with Crippen LogP contribution in [0.2, 0.25) is 0 Å². The maximum absolute atomic E-state index is 13.5. The molecule has 0 saturated heterocycles. The van der Waals surface area contributed by atoms with Crippen LogP contribution < -0.4 is 4.72 Å². The number of carboxylic acids is 1. The summed E-state index contributed by atoms with van der Waals surface area (Å²) in [5.41, 5.74) is -0.843. The number of nitrogens with one attached hydrogen (secondary N) is 1. The van der Waals surface area contributed by atoms with Gasteiger partial charge in [-0.1, -0.05) is 32.9 Å². The molecule has 0 spiro atoms. The van der Waals surface area contributed by atoms with Gasteiger partial charge in [0.25, 0.3) is 0 Å². The third kappa shape index (κ3) is 3.74. The third-order valence-electron chi connectivity index (χ3n) is 2.51. The summed E-state index contributed by atoms with van der Waals surface area (Å²) in [5, 5.41) is 9.07. The second-order valence-corrected chi connectivity index (χ2v) is 6.87. The monoisotopic (exact) mass is 289 g/mol. The molecular formula is C12H16FNO4S. The van der Waals surface area contributed by atoms with Crippen LogP contribution in [0.15, 0.2) is 29.2 Å². The maximum atomic E-state index is 13.5. The van der Waals surface area contributed by atoms with E-state index >= 15 is 0 Å². The lowest BCUT2D eigenvalue weighted by atomic mass is 9.88. The largest absolute Gasteiger partial charge is 0.480 e. The van der Waals surface area contributed by atoms with Crippen molar-refractivity contribution in [1.29, 1.82) is 0 Å². The van der Waals surface area contributed by atoms with Crippen LogP contribution in [-0.4, -0.2) is 25.5 Å². The molecule has 0 aliphatic heterocycles. The topological polar surface area (TPSA) is 83.5 Å². The minimum Gasteiger partial charge on any atom is -0.480 e. The fourth-order valence-corrected chi connectivity index (χ4v) is 2.95. The normalized spacial score (nSPS) is 14.1. The summed E-state index contributed by atoms with van der Waals surface area (Å²) in [5.74, 6) is -2.24. The van der Waals surface area contributed by atoms with E-state index in [1.165, 1.54) is 12.1 Å². The molecule has 0 radical (unpaired) electrons. The highest BCUT2D eigenvalue weighted by atomic mass is 32.2. The fraction of sp³-hybridized carbons (Fsp3) is 0.417. The van der Waals surface area contributed by atoms with Crippen molar-refractivity contribution in [2.75, 3.05) is 0 Å². The van der Waals surface area contributed by atoms with Crippen LogP contribution in [0.3, 0.4) is 0 Å². The lowest BCUT2D eigenvalue weighted by Crippen LogP contribution is -2.49. The van der Waals surface area contributed by atoms with Crippen LogP contribution in [0.4, 0.5) is 4.39 Å². The average molecular weight is 289 g/mol. The number of benzene rings is 1. The first-order valence-corrected chi connectivity index (χ1v) is 7.03. The molecule has 0 bridgehead atoms. The molecule has 0 aliphatic carbocycles. The fourth-order valence-electron chi connectivity index (χ4n) is 1.48. The summed E-state index contributed by atoms with van der Waals surface area (Å²) >= 11 is 0. The van der Waals surface area contributed by atoms with Gasteiger partial charge in [0, 0.05) is 0 Å². The van der Waals surface area contributed by atoms with Gasteiger partial charge in [-0.2, -0.15) is 4.72 Å². The zero-order valence-electron chi connectivity index (χ0n) is 10.8. The molecule has 1 aromatic carbocycles. The van der Waals surface area contributed by atoms with Gasteiger partial charge in [0.05, 0.1) is 0 Å². The number of carboxylic acid groups (broad SMARTS) is 1. The molecule has 0 fully saturated rings. The van der Waals surface area contributed by atoms with E-state index in [2.05, 4.69) is 0 Å². The molecule has 0 heterocycles. The number of hydrogen-bond acceptors (Lipinski definition) is 3. The minimum atomic E-state index is -4.22. The Labute approximate surface area is 111 Å². The van der Waals surface area contributed by atoms with E-state index in [1.54, 1.807) is 20.8 Å². The van der Waals surface area contributed by atoms with E-state index in [1.807, 2.05) is 4.72 Å². The molecular weight excluding hydrogens is 273 g/mol. The molecule has 7 heteroatoms. The highest BCUT2D eigenvalue weighted by molar-refractivity contribution is 7.89. The third-order valence-corrected chi connectivity index (χ3v) is 3.97. The van der Waals surface area contributed by atoms with Crippen molar-refractivity contribution >= 4 is 16.0 Å². The number of sulfonamides is 1. The Morgan fingerprint density at radius 3 is 2.26 bits per heavy atom. The van der Waals surface area contributed by atoms with E-state index in [9.17, 15) is 17.6 Å². The van der Waals surface area contributed by atoms with Gasteiger partial charge in [0.1, 0.15) is 16.8 Å². The van der Waals surface area contributed by atoms with Gasteiger partial charge >= 0.3 is 5.97 Å². The highest BCUT2D eigenvalue weighted by Gasteiger charge is 2.35. The Bertz CT molecular complexity index is 578.